The topological polar surface area (TPSA) is 84.9 Å². The SMILES string of the molecule is CCOC(=O)c1nccc2c(=O)[nH]c3ncccc3c12. The van der Waals surface area contributed by atoms with Gasteiger partial charge in [0.2, 0.25) is 0 Å². The summed E-state index contributed by atoms with van der Waals surface area (Å²) in [6.07, 6.45) is 3.00. The van der Waals surface area contributed by atoms with Crippen LogP contribution < -0.4 is 5.56 Å². The first-order valence-electron chi connectivity index (χ1n) is 6.15. The summed E-state index contributed by atoms with van der Waals surface area (Å²) in [4.78, 5) is 34.9. The number of hydrogen-bond donors (Lipinski definition) is 1. The second kappa shape index (κ2) is 4.73. The molecule has 20 heavy (non-hydrogen) atoms. The van der Waals surface area contributed by atoms with E-state index in [1.54, 1.807) is 31.3 Å². The number of esters is 1. The molecule has 0 atom stereocenters. The highest BCUT2D eigenvalue weighted by molar-refractivity contribution is 6.13. The Labute approximate surface area is 113 Å². The molecule has 0 aliphatic rings. The molecule has 0 aliphatic carbocycles. The van der Waals surface area contributed by atoms with Gasteiger partial charge in [0.1, 0.15) is 5.65 Å². The molecule has 0 aliphatic heterocycles. The molecule has 3 heterocycles. The Bertz CT molecular complexity index is 870. The van der Waals surface area contributed by atoms with E-state index < -0.39 is 5.97 Å². The van der Waals surface area contributed by atoms with Crippen molar-refractivity contribution >= 4 is 27.8 Å². The Morgan fingerprint density at radius 2 is 2.10 bits per heavy atom. The minimum absolute atomic E-state index is 0.133. The number of aromatic nitrogens is 3. The lowest BCUT2D eigenvalue weighted by Crippen LogP contribution is -2.13. The van der Waals surface area contributed by atoms with Crippen molar-refractivity contribution in [2.75, 3.05) is 6.61 Å². The van der Waals surface area contributed by atoms with Crippen molar-refractivity contribution in [3.8, 4) is 0 Å². The third-order valence-electron chi connectivity index (χ3n) is 2.97. The lowest BCUT2D eigenvalue weighted by atomic mass is 10.1. The van der Waals surface area contributed by atoms with Gasteiger partial charge in [0, 0.05) is 23.2 Å². The molecule has 6 heteroatoms. The van der Waals surface area contributed by atoms with Crippen molar-refractivity contribution in [1.29, 1.82) is 0 Å². The molecular formula is C14H11N3O3. The lowest BCUT2D eigenvalue weighted by molar-refractivity contribution is 0.0522. The molecule has 0 unspecified atom stereocenters. The summed E-state index contributed by atoms with van der Waals surface area (Å²) in [6.45, 7) is 1.96. The summed E-state index contributed by atoms with van der Waals surface area (Å²) in [5.41, 5.74) is 0.246. The van der Waals surface area contributed by atoms with Crippen LogP contribution in [-0.4, -0.2) is 27.5 Å². The first-order valence-corrected chi connectivity index (χ1v) is 6.15. The van der Waals surface area contributed by atoms with E-state index in [9.17, 15) is 9.59 Å². The number of nitrogens with zero attached hydrogens (tertiary/aromatic N) is 2. The summed E-state index contributed by atoms with van der Waals surface area (Å²) < 4.78 is 4.99. The van der Waals surface area contributed by atoms with Gasteiger partial charge in [-0.3, -0.25) is 4.79 Å². The number of pyridine rings is 3. The van der Waals surface area contributed by atoms with Gasteiger partial charge in [-0.05, 0) is 25.1 Å². The van der Waals surface area contributed by atoms with Crippen LogP contribution in [0.3, 0.4) is 0 Å². The van der Waals surface area contributed by atoms with Crippen LogP contribution in [0, 0.1) is 0 Å². The lowest BCUT2D eigenvalue weighted by Gasteiger charge is -2.07. The smallest absolute Gasteiger partial charge is 0.357 e. The van der Waals surface area contributed by atoms with E-state index in [0.717, 1.165) is 0 Å². The standard InChI is InChI=1S/C14H11N3O3/c1-2-20-14(19)11-10-8-4-3-6-16-12(8)17-13(18)9(10)5-7-15-11/h3-7H,2H2,1H3,(H,16,17,18). The second-order valence-corrected chi connectivity index (χ2v) is 4.16. The van der Waals surface area contributed by atoms with Gasteiger partial charge in [-0.15, -0.1) is 0 Å². The Kier molecular flexibility index (Phi) is 2.90. The van der Waals surface area contributed by atoms with Gasteiger partial charge in [0.25, 0.3) is 5.56 Å². The molecule has 0 bridgehead atoms. The zero-order valence-corrected chi connectivity index (χ0v) is 10.7. The van der Waals surface area contributed by atoms with Crippen molar-refractivity contribution < 1.29 is 9.53 Å². The van der Waals surface area contributed by atoms with E-state index in [1.807, 2.05) is 0 Å². The van der Waals surface area contributed by atoms with E-state index in [2.05, 4.69) is 15.0 Å². The maximum absolute atomic E-state index is 12.0. The zero-order chi connectivity index (χ0) is 14.1. The van der Waals surface area contributed by atoms with Gasteiger partial charge in [-0.1, -0.05) is 0 Å². The predicted molar refractivity (Wildman–Crippen MR) is 73.6 cm³/mol. The Morgan fingerprint density at radius 1 is 1.25 bits per heavy atom. The summed E-state index contributed by atoms with van der Waals surface area (Å²) in [5.74, 6) is -0.547. The monoisotopic (exact) mass is 269 g/mol. The second-order valence-electron chi connectivity index (χ2n) is 4.16. The van der Waals surface area contributed by atoms with Crippen molar-refractivity contribution in [2.24, 2.45) is 0 Å². The molecule has 0 amide bonds. The summed E-state index contributed by atoms with van der Waals surface area (Å²) in [5, 5.41) is 1.53. The minimum Gasteiger partial charge on any atom is -0.461 e. The molecule has 0 saturated carbocycles. The van der Waals surface area contributed by atoms with Crippen molar-refractivity contribution in [2.45, 2.75) is 6.92 Å². The van der Waals surface area contributed by atoms with Crippen LogP contribution in [0.15, 0.2) is 35.4 Å². The molecule has 0 saturated heterocycles. The van der Waals surface area contributed by atoms with E-state index in [1.165, 1.54) is 6.20 Å². The van der Waals surface area contributed by atoms with Crippen LogP contribution >= 0.6 is 0 Å². The van der Waals surface area contributed by atoms with E-state index in [0.29, 0.717) is 21.8 Å². The highest BCUT2D eigenvalue weighted by Gasteiger charge is 2.17. The third-order valence-corrected chi connectivity index (χ3v) is 2.97. The molecule has 3 aromatic rings. The molecule has 3 aromatic heterocycles. The van der Waals surface area contributed by atoms with Gasteiger partial charge in [-0.2, -0.15) is 0 Å². The number of fused-ring (bicyclic) bond motifs is 3. The first kappa shape index (κ1) is 12.3. The van der Waals surface area contributed by atoms with Gasteiger partial charge in [-0.25, -0.2) is 14.8 Å². The highest BCUT2D eigenvalue weighted by atomic mass is 16.5. The number of rotatable bonds is 2. The summed E-state index contributed by atoms with van der Waals surface area (Å²) >= 11 is 0. The normalized spacial score (nSPS) is 10.8. The van der Waals surface area contributed by atoms with Crippen LogP contribution in [0.1, 0.15) is 17.4 Å². The zero-order valence-electron chi connectivity index (χ0n) is 10.7. The van der Waals surface area contributed by atoms with E-state index in [-0.39, 0.29) is 17.9 Å². The van der Waals surface area contributed by atoms with Crippen molar-refractivity contribution in [3.63, 3.8) is 0 Å². The van der Waals surface area contributed by atoms with Crippen molar-refractivity contribution in [3.05, 3.63) is 46.6 Å². The quantitative estimate of drug-likeness (QED) is 0.564. The number of nitrogens with one attached hydrogen (secondary N) is 1. The highest BCUT2D eigenvalue weighted by Crippen LogP contribution is 2.22. The summed E-state index contributed by atoms with van der Waals surface area (Å²) in [6, 6.07) is 5.09. The average Bonchev–Trinajstić information content (AvgIpc) is 2.47. The van der Waals surface area contributed by atoms with E-state index in [4.69, 9.17) is 4.74 Å². The van der Waals surface area contributed by atoms with Crippen LogP contribution in [0.2, 0.25) is 0 Å². The van der Waals surface area contributed by atoms with Crippen molar-refractivity contribution in [1.82, 2.24) is 15.0 Å². The number of carbonyl (C=O) groups is 1. The molecule has 3 rings (SSSR count). The van der Waals surface area contributed by atoms with Gasteiger partial charge < -0.3 is 9.72 Å². The fraction of sp³-hybridized carbons (Fsp3) is 0.143. The Balaban J connectivity index is 2.48. The fourth-order valence-electron chi connectivity index (χ4n) is 2.16. The molecular weight excluding hydrogens is 258 g/mol. The van der Waals surface area contributed by atoms with Crippen LogP contribution in [0.4, 0.5) is 0 Å². The van der Waals surface area contributed by atoms with E-state index >= 15 is 0 Å². The number of aromatic amines is 1. The molecule has 100 valence electrons. The maximum Gasteiger partial charge on any atom is 0.357 e. The molecule has 1 N–H and O–H groups in total. The van der Waals surface area contributed by atoms with Crippen LogP contribution in [-0.2, 0) is 4.74 Å². The van der Waals surface area contributed by atoms with Crippen LogP contribution in [0.5, 0.6) is 0 Å². The Morgan fingerprint density at radius 3 is 2.90 bits per heavy atom. The fourth-order valence-corrected chi connectivity index (χ4v) is 2.16. The number of carbonyl (C=O) groups excluding carboxylic acids is 1. The predicted octanol–water partition coefficient (Wildman–Crippen LogP) is 1.65. The first-order chi connectivity index (χ1) is 9.72. The maximum atomic E-state index is 12.0. The summed E-state index contributed by atoms with van der Waals surface area (Å²) in [7, 11) is 0. The molecule has 0 aromatic carbocycles. The van der Waals surface area contributed by atoms with Crippen LogP contribution in [0.25, 0.3) is 21.8 Å². The van der Waals surface area contributed by atoms with Gasteiger partial charge in [0.05, 0.1) is 12.0 Å². The largest absolute Gasteiger partial charge is 0.461 e. The third kappa shape index (κ3) is 1.82. The number of H-pyrrole nitrogens is 1. The molecule has 0 radical (unpaired) electrons. The molecule has 6 nitrogen and oxygen atoms in total. The number of ether oxygens (including phenoxy) is 1. The van der Waals surface area contributed by atoms with Gasteiger partial charge >= 0.3 is 5.97 Å². The molecule has 0 fully saturated rings. The molecule has 0 spiro atoms. The minimum atomic E-state index is -0.547. The Hall–Kier alpha value is -2.76. The average molecular weight is 269 g/mol. The number of hydrogen-bond acceptors (Lipinski definition) is 5. The van der Waals surface area contributed by atoms with Gasteiger partial charge in [0.15, 0.2) is 5.69 Å².